The highest BCUT2D eigenvalue weighted by Crippen LogP contribution is 2.24. The molecule has 0 saturated heterocycles. The van der Waals surface area contributed by atoms with Gasteiger partial charge in [-0.1, -0.05) is 12.2 Å². The van der Waals surface area contributed by atoms with Crippen LogP contribution in [0, 0.1) is 0 Å². The van der Waals surface area contributed by atoms with E-state index in [1.54, 1.807) is 0 Å². The maximum absolute atomic E-state index is 4.09. The largest absolute Gasteiger partial charge is 0.300 e. The van der Waals surface area contributed by atoms with Gasteiger partial charge in [-0.25, -0.2) is 0 Å². The van der Waals surface area contributed by atoms with Crippen molar-refractivity contribution in [1.29, 1.82) is 0 Å². The Kier molecular flexibility index (Phi) is 3.29. The molecular formula is C8H15NS. The summed E-state index contributed by atoms with van der Waals surface area (Å²) in [6, 6.07) is 0.879. The Labute approximate surface area is 68.5 Å². The van der Waals surface area contributed by atoms with Crippen LogP contribution in [-0.2, 0) is 0 Å². The summed E-state index contributed by atoms with van der Waals surface area (Å²) < 4.78 is 0. The molecule has 0 amide bonds. The Balaban J connectivity index is 2.05. The lowest BCUT2D eigenvalue weighted by Gasteiger charge is -2.11. The lowest BCUT2D eigenvalue weighted by Crippen LogP contribution is -2.20. The molecule has 58 valence electrons. The second kappa shape index (κ2) is 4.04. The molecule has 1 aliphatic carbocycles. The van der Waals surface area contributed by atoms with Gasteiger partial charge < -0.3 is 0 Å². The molecule has 0 atom stereocenters. The molecule has 0 aliphatic heterocycles. The minimum absolute atomic E-state index is 0.860. The number of hydrogen-bond donors (Lipinski definition) is 1. The van der Waals surface area contributed by atoms with E-state index >= 15 is 0 Å². The highest BCUT2D eigenvalue weighted by Gasteiger charge is 2.24. The number of likely N-dealkylation sites (N-methyl/N-ethyl adjacent to an activating group) is 1. The van der Waals surface area contributed by atoms with Crippen molar-refractivity contribution in [2.45, 2.75) is 18.9 Å². The van der Waals surface area contributed by atoms with Gasteiger partial charge in [0.1, 0.15) is 0 Å². The average Bonchev–Trinajstić information content (AvgIpc) is 2.69. The molecule has 1 rings (SSSR count). The van der Waals surface area contributed by atoms with Crippen LogP contribution in [0.4, 0.5) is 0 Å². The minimum atomic E-state index is 0.860. The van der Waals surface area contributed by atoms with E-state index in [-0.39, 0.29) is 0 Å². The van der Waals surface area contributed by atoms with Gasteiger partial charge in [-0.3, -0.25) is 4.90 Å². The quantitative estimate of drug-likeness (QED) is 0.479. The molecule has 1 fully saturated rings. The number of thiol groups is 1. The van der Waals surface area contributed by atoms with Gasteiger partial charge in [0.25, 0.3) is 0 Å². The van der Waals surface area contributed by atoms with E-state index in [4.69, 9.17) is 0 Å². The number of hydrogen-bond acceptors (Lipinski definition) is 2. The van der Waals surface area contributed by atoms with Crippen LogP contribution in [0.3, 0.4) is 0 Å². The summed E-state index contributed by atoms with van der Waals surface area (Å²) in [5, 5.41) is 0. The first-order valence-corrected chi connectivity index (χ1v) is 4.44. The van der Waals surface area contributed by atoms with Gasteiger partial charge in [0.05, 0.1) is 0 Å². The predicted molar refractivity (Wildman–Crippen MR) is 48.6 cm³/mol. The SMILES string of the molecule is CN(CC=CCS)C1CC1. The summed E-state index contributed by atoms with van der Waals surface area (Å²) in [5.74, 6) is 0.860. The van der Waals surface area contributed by atoms with Crippen LogP contribution in [0.25, 0.3) is 0 Å². The minimum Gasteiger partial charge on any atom is -0.300 e. The van der Waals surface area contributed by atoms with Crippen molar-refractivity contribution in [2.75, 3.05) is 19.3 Å². The topological polar surface area (TPSA) is 3.24 Å². The van der Waals surface area contributed by atoms with Gasteiger partial charge in [-0.2, -0.15) is 12.6 Å². The standard InChI is InChI=1S/C8H15NS/c1-9(8-4-5-8)6-2-3-7-10/h2-3,8,10H,4-7H2,1H3. The van der Waals surface area contributed by atoms with E-state index in [0.717, 1.165) is 18.3 Å². The van der Waals surface area contributed by atoms with Gasteiger partial charge >= 0.3 is 0 Å². The van der Waals surface area contributed by atoms with Gasteiger partial charge in [0, 0.05) is 18.3 Å². The van der Waals surface area contributed by atoms with E-state index in [1.165, 1.54) is 12.8 Å². The van der Waals surface area contributed by atoms with E-state index < -0.39 is 0 Å². The fourth-order valence-corrected chi connectivity index (χ4v) is 1.13. The smallest absolute Gasteiger partial charge is 0.0163 e. The molecule has 0 bridgehead atoms. The molecule has 10 heavy (non-hydrogen) atoms. The summed E-state index contributed by atoms with van der Waals surface area (Å²) in [6.07, 6.45) is 7.07. The van der Waals surface area contributed by atoms with Crippen molar-refractivity contribution in [3.63, 3.8) is 0 Å². The maximum atomic E-state index is 4.09. The molecule has 0 aromatic carbocycles. The van der Waals surface area contributed by atoms with Crippen LogP contribution in [0.2, 0.25) is 0 Å². The monoisotopic (exact) mass is 157 g/mol. The molecule has 1 aliphatic rings. The average molecular weight is 157 g/mol. The molecule has 0 aromatic rings. The molecule has 0 N–H and O–H groups in total. The normalized spacial score (nSPS) is 19.1. The van der Waals surface area contributed by atoms with E-state index in [2.05, 4.69) is 36.7 Å². The van der Waals surface area contributed by atoms with Crippen molar-refractivity contribution < 1.29 is 0 Å². The first-order chi connectivity index (χ1) is 4.84. The van der Waals surface area contributed by atoms with E-state index in [9.17, 15) is 0 Å². The number of rotatable bonds is 4. The zero-order valence-electron chi connectivity index (χ0n) is 6.45. The van der Waals surface area contributed by atoms with Crippen LogP contribution >= 0.6 is 12.6 Å². The highest BCUT2D eigenvalue weighted by molar-refractivity contribution is 7.80. The highest BCUT2D eigenvalue weighted by atomic mass is 32.1. The van der Waals surface area contributed by atoms with Crippen molar-refractivity contribution in [2.24, 2.45) is 0 Å². The summed E-state index contributed by atoms with van der Waals surface area (Å²) >= 11 is 4.09. The first kappa shape index (κ1) is 8.15. The van der Waals surface area contributed by atoms with Crippen molar-refractivity contribution >= 4 is 12.6 Å². The summed E-state index contributed by atoms with van der Waals surface area (Å²) in [5.41, 5.74) is 0. The fraction of sp³-hybridized carbons (Fsp3) is 0.750. The van der Waals surface area contributed by atoms with Crippen LogP contribution in [0.1, 0.15) is 12.8 Å². The molecule has 0 unspecified atom stereocenters. The van der Waals surface area contributed by atoms with Crippen molar-refractivity contribution in [3.05, 3.63) is 12.2 Å². The predicted octanol–water partition coefficient (Wildman–Crippen LogP) is 1.57. The molecule has 0 radical (unpaired) electrons. The molecule has 1 nitrogen and oxygen atoms in total. The van der Waals surface area contributed by atoms with Crippen LogP contribution in [0.15, 0.2) is 12.2 Å². The Morgan fingerprint density at radius 1 is 1.50 bits per heavy atom. The summed E-state index contributed by atoms with van der Waals surface area (Å²) in [7, 11) is 2.18. The number of nitrogens with zero attached hydrogens (tertiary/aromatic N) is 1. The van der Waals surface area contributed by atoms with E-state index in [1.807, 2.05) is 0 Å². The molecular weight excluding hydrogens is 142 g/mol. The third-order valence-electron chi connectivity index (χ3n) is 1.84. The van der Waals surface area contributed by atoms with Crippen molar-refractivity contribution in [1.82, 2.24) is 4.90 Å². The fourth-order valence-electron chi connectivity index (χ4n) is 0.980. The van der Waals surface area contributed by atoms with Gasteiger partial charge in [-0.05, 0) is 19.9 Å². The Hall–Kier alpha value is 0.0500. The second-order valence-corrected chi connectivity index (χ2v) is 3.19. The lowest BCUT2D eigenvalue weighted by atomic mass is 10.4. The third kappa shape index (κ3) is 2.76. The summed E-state index contributed by atoms with van der Waals surface area (Å²) in [4.78, 5) is 2.39. The Bertz CT molecular complexity index is 118. The Morgan fingerprint density at radius 2 is 2.20 bits per heavy atom. The van der Waals surface area contributed by atoms with E-state index in [0.29, 0.717) is 0 Å². The first-order valence-electron chi connectivity index (χ1n) is 3.80. The lowest BCUT2D eigenvalue weighted by molar-refractivity contribution is 0.360. The maximum Gasteiger partial charge on any atom is 0.0163 e. The van der Waals surface area contributed by atoms with Gasteiger partial charge in [0.15, 0.2) is 0 Å². The van der Waals surface area contributed by atoms with Crippen molar-refractivity contribution in [3.8, 4) is 0 Å². The summed E-state index contributed by atoms with van der Waals surface area (Å²) in [6.45, 7) is 1.09. The van der Waals surface area contributed by atoms with Gasteiger partial charge in [-0.15, -0.1) is 0 Å². The van der Waals surface area contributed by atoms with Crippen LogP contribution in [-0.4, -0.2) is 30.3 Å². The zero-order chi connectivity index (χ0) is 7.40. The third-order valence-corrected chi connectivity index (χ3v) is 2.05. The van der Waals surface area contributed by atoms with Crippen LogP contribution < -0.4 is 0 Å². The second-order valence-electron chi connectivity index (χ2n) is 2.82. The Morgan fingerprint density at radius 3 is 2.70 bits per heavy atom. The zero-order valence-corrected chi connectivity index (χ0v) is 7.35. The van der Waals surface area contributed by atoms with Gasteiger partial charge in [0.2, 0.25) is 0 Å². The molecule has 0 spiro atoms. The molecule has 1 saturated carbocycles. The molecule has 0 heterocycles. The molecule has 0 aromatic heterocycles. The molecule has 2 heteroatoms. The van der Waals surface area contributed by atoms with Crippen LogP contribution in [0.5, 0.6) is 0 Å².